The molecule has 184 valence electrons. The number of benzene rings is 2. The zero-order chi connectivity index (χ0) is 25.6. The molecule has 0 spiro atoms. The minimum Gasteiger partial charge on any atom is -0.351 e. The van der Waals surface area contributed by atoms with E-state index < -0.39 is 0 Å². The molecule has 4 aromatic rings. The molecular weight excluding hydrogens is 484 g/mol. The second-order valence-electron chi connectivity index (χ2n) is 9.77. The van der Waals surface area contributed by atoms with Gasteiger partial charge in [0.1, 0.15) is 0 Å². The first-order chi connectivity index (χ1) is 17.3. The van der Waals surface area contributed by atoms with E-state index in [0.29, 0.717) is 11.0 Å². The van der Waals surface area contributed by atoms with Gasteiger partial charge < -0.3 is 14.8 Å². The Labute approximate surface area is 223 Å². The molecule has 0 saturated carbocycles. The highest BCUT2D eigenvalue weighted by atomic mass is 35.5. The second kappa shape index (κ2) is 9.72. The van der Waals surface area contributed by atoms with Gasteiger partial charge in [0.05, 0.1) is 17.8 Å². The third-order valence-electron chi connectivity index (χ3n) is 7.31. The maximum Gasteiger partial charge on any atom is 0.174 e. The van der Waals surface area contributed by atoms with Crippen molar-refractivity contribution in [2.24, 2.45) is 0 Å². The number of halogens is 1. The fourth-order valence-corrected chi connectivity index (χ4v) is 5.92. The molecule has 2 atom stereocenters. The molecule has 2 aromatic heterocycles. The van der Waals surface area contributed by atoms with Crippen molar-refractivity contribution in [3.63, 3.8) is 0 Å². The van der Waals surface area contributed by atoms with Crippen LogP contribution >= 0.6 is 23.8 Å². The summed E-state index contributed by atoms with van der Waals surface area (Å²) in [7, 11) is 0. The Kier molecular flexibility index (Phi) is 6.62. The van der Waals surface area contributed by atoms with Crippen molar-refractivity contribution in [2.75, 3.05) is 4.90 Å². The molecule has 1 saturated heterocycles. The topological polar surface area (TPSA) is 33.1 Å². The Morgan fingerprint density at radius 1 is 0.917 bits per heavy atom. The van der Waals surface area contributed by atoms with Gasteiger partial charge in [0, 0.05) is 39.5 Å². The van der Waals surface area contributed by atoms with Gasteiger partial charge in [0.2, 0.25) is 0 Å². The summed E-state index contributed by atoms with van der Waals surface area (Å²) in [5.74, 6) is 0.471. The number of nitrogens with zero attached hydrogens (tertiary/aromatic N) is 3. The highest BCUT2D eigenvalue weighted by Gasteiger charge is 2.43. The van der Waals surface area contributed by atoms with Crippen LogP contribution in [0.15, 0.2) is 72.9 Å². The van der Waals surface area contributed by atoms with Crippen molar-refractivity contribution in [2.45, 2.75) is 52.6 Å². The Bertz CT molecular complexity index is 1410. The lowest BCUT2D eigenvalue weighted by Crippen LogP contribution is -2.29. The van der Waals surface area contributed by atoms with Crippen molar-refractivity contribution in [1.82, 2.24) is 14.9 Å². The lowest BCUT2D eigenvalue weighted by Gasteiger charge is -2.29. The normalized spacial score (nSPS) is 17.6. The zero-order valence-electron chi connectivity index (χ0n) is 21.3. The molecule has 1 fully saturated rings. The highest BCUT2D eigenvalue weighted by Crippen LogP contribution is 2.45. The quantitative estimate of drug-likeness (QED) is 0.276. The van der Waals surface area contributed by atoms with Gasteiger partial charge in [0.25, 0.3) is 0 Å². The van der Waals surface area contributed by atoms with E-state index in [9.17, 15) is 0 Å². The number of pyridine rings is 1. The SMILES string of the molecule is Cc1c([C@@H]2[C@H](c3ccccn3)NC(=S)N2c2ccc(C(C)C)cc2)c(C)n(-c2cccc(Cl)c2)c1C. The van der Waals surface area contributed by atoms with E-state index in [4.69, 9.17) is 28.8 Å². The van der Waals surface area contributed by atoms with Crippen molar-refractivity contribution in [3.8, 4) is 5.69 Å². The lowest BCUT2D eigenvalue weighted by atomic mass is 9.93. The number of nitrogens with one attached hydrogen (secondary N) is 1. The van der Waals surface area contributed by atoms with Crippen LogP contribution in [0.3, 0.4) is 0 Å². The molecule has 6 heteroatoms. The maximum absolute atomic E-state index is 6.38. The third-order valence-corrected chi connectivity index (χ3v) is 7.86. The summed E-state index contributed by atoms with van der Waals surface area (Å²) in [5.41, 5.74) is 9.28. The van der Waals surface area contributed by atoms with Crippen molar-refractivity contribution >= 4 is 34.6 Å². The molecule has 1 aliphatic heterocycles. The smallest absolute Gasteiger partial charge is 0.174 e. The molecule has 3 heterocycles. The summed E-state index contributed by atoms with van der Waals surface area (Å²) < 4.78 is 2.30. The summed E-state index contributed by atoms with van der Waals surface area (Å²) in [5, 5.41) is 5.03. The van der Waals surface area contributed by atoms with E-state index in [1.165, 1.54) is 28.1 Å². The lowest BCUT2D eigenvalue weighted by molar-refractivity contribution is 0.563. The van der Waals surface area contributed by atoms with Crippen LogP contribution in [0, 0.1) is 20.8 Å². The van der Waals surface area contributed by atoms with Crippen LogP contribution in [-0.2, 0) is 0 Å². The Balaban J connectivity index is 1.70. The second-order valence-corrected chi connectivity index (χ2v) is 10.6. The molecule has 4 nitrogen and oxygen atoms in total. The molecule has 1 aliphatic rings. The van der Waals surface area contributed by atoms with E-state index in [1.54, 1.807) is 0 Å². The summed E-state index contributed by atoms with van der Waals surface area (Å²) >= 11 is 12.3. The van der Waals surface area contributed by atoms with Gasteiger partial charge in [-0.05, 0) is 92.5 Å². The average Bonchev–Trinajstić information content (AvgIpc) is 3.31. The Morgan fingerprint density at radius 2 is 1.67 bits per heavy atom. The summed E-state index contributed by atoms with van der Waals surface area (Å²) in [6, 6.07) is 22.7. The number of aromatic nitrogens is 2. The predicted octanol–water partition coefficient (Wildman–Crippen LogP) is 7.75. The molecule has 0 unspecified atom stereocenters. The molecule has 1 N–H and O–H groups in total. The van der Waals surface area contributed by atoms with Gasteiger partial charge in [-0.3, -0.25) is 4.98 Å². The third kappa shape index (κ3) is 4.21. The zero-order valence-corrected chi connectivity index (χ0v) is 22.9. The van der Waals surface area contributed by atoms with Crippen LogP contribution in [0.25, 0.3) is 5.69 Å². The van der Waals surface area contributed by atoms with Crippen molar-refractivity contribution < 1.29 is 0 Å². The van der Waals surface area contributed by atoms with E-state index in [2.05, 4.69) is 85.8 Å². The highest BCUT2D eigenvalue weighted by molar-refractivity contribution is 7.80. The number of thiocarbonyl (C=S) groups is 1. The number of rotatable bonds is 5. The summed E-state index contributed by atoms with van der Waals surface area (Å²) in [6.45, 7) is 11.0. The first kappa shape index (κ1) is 24.5. The minimum atomic E-state index is -0.0875. The predicted molar refractivity (Wildman–Crippen MR) is 153 cm³/mol. The average molecular weight is 515 g/mol. The maximum atomic E-state index is 6.38. The van der Waals surface area contributed by atoms with Gasteiger partial charge in [-0.2, -0.15) is 0 Å². The van der Waals surface area contributed by atoms with Crippen molar-refractivity contribution in [1.29, 1.82) is 0 Å². The van der Waals surface area contributed by atoms with Crippen LogP contribution in [0.2, 0.25) is 5.02 Å². The van der Waals surface area contributed by atoms with E-state index in [-0.39, 0.29) is 12.1 Å². The first-order valence-electron chi connectivity index (χ1n) is 12.3. The largest absolute Gasteiger partial charge is 0.351 e. The van der Waals surface area contributed by atoms with Gasteiger partial charge in [-0.25, -0.2) is 0 Å². The molecule has 0 radical (unpaired) electrons. The fourth-order valence-electron chi connectivity index (χ4n) is 5.39. The van der Waals surface area contributed by atoms with Crippen LogP contribution in [-0.4, -0.2) is 14.7 Å². The summed E-state index contributed by atoms with van der Waals surface area (Å²) in [4.78, 5) is 6.98. The van der Waals surface area contributed by atoms with Gasteiger partial charge in [0.15, 0.2) is 5.11 Å². The molecule has 0 amide bonds. The van der Waals surface area contributed by atoms with Gasteiger partial charge >= 0.3 is 0 Å². The van der Waals surface area contributed by atoms with E-state index in [1.807, 2.05) is 36.5 Å². The number of hydrogen-bond acceptors (Lipinski definition) is 2. The molecule has 5 rings (SSSR count). The van der Waals surface area contributed by atoms with Gasteiger partial charge in [-0.15, -0.1) is 0 Å². The minimum absolute atomic E-state index is 0.0589. The van der Waals surface area contributed by atoms with Crippen LogP contribution in [0.5, 0.6) is 0 Å². The molecule has 36 heavy (non-hydrogen) atoms. The first-order valence-corrected chi connectivity index (χ1v) is 13.1. The van der Waals surface area contributed by atoms with E-state index in [0.717, 1.165) is 22.1 Å². The molecular formula is C30H31ClN4S. The molecule has 2 aromatic carbocycles. The van der Waals surface area contributed by atoms with Crippen molar-refractivity contribution in [3.05, 3.63) is 112 Å². The number of anilines is 1. The van der Waals surface area contributed by atoms with Crippen LogP contribution in [0.1, 0.15) is 65.6 Å². The number of hydrogen-bond donors (Lipinski definition) is 1. The molecule has 0 aliphatic carbocycles. The standard InChI is InChI=1S/C30H31ClN4S/c1-18(2)22-12-14-24(15-13-22)35-29(28(33-30(35)36)26-11-6-7-16-32-26)27-19(3)20(4)34(21(27)5)25-10-8-9-23(31)17-25/h6-18,28-29H,1-5H3,(H,33,36)/t28-,29+/m0/s1. The van der Waals surface area contributed by atoms with Crippen LogP contribution < -0.4 is 10.2 Å². The Morgan fingerprint density at radius 3 is 2.31 bits per heavy atom. The Hall–Kier alpha value is -3.15. The summed E-state index contributed by atoms with van der Waals surface area (Å²) in [6.07, 6.45) is 1.85. The monoisotopic (exact) mass is 514 g/mol. The molecule has 0 bridgehead atoms. The van der Waals surface area contributed by atoms with Gasteiger partial charge in [-0.1, -0.05) is 49.7 Å². The fraction of sp³-hybridized carbons (Fsp3) is 0.267. The van der Waals surface area contributed by atoms with Crippen LogP contribution in [0.4, 0.5) is 5.69 Å². The van der Waals surface area contributed by atoms with E-state index >= 15 is 0 Å².